The molecular weight excluding hydrogens is 218 g/mol. The number of aromatic nitrogens is 1. The molecule has 1 aromatic heterocycles. The molecule has 0 saturated heterocycles. The van der Waals surface area contributed by atoms with E-state index in [1.807, 2.05) is 0 Å². The summed E-state index contributed by atoms with van der Waals surface area (Å²) in [5, 5.41) is 5.28. The van der Waals surface area contributed by atoms with E-state index in [0.717, 1.165) is 0 Å². The highest BCUT2D eigenvalue weighted by molar-refractivity contribution is 6.12. The molecular formula is C17H13N. The SMILES string of the molecule is Cn1c2ccccc2c2cc3ccccc3cc21. The second-order valence-electron chi connectivity index (χ2n) is 4.79. The lowest BCUT2D eigenvalue weighted by Crippen LogP contribution is -1.85. The number of fused-ring (bicyclic) bond motifs is 4. The molecule has 0 amide bonds. The van der Waals surface area contributed by atoms with Gasteiger partial charge in [-0.05, 0) is 29.0 Å². The van der Waals surface area contributed by atoms with Crippen LogP contribution in [0, 0.1) is 0 Å². The number of hydrogen-bond donors (Lipinski definition) is 0. The van der Waals surface area contributed by atoms with E-state index in [0.29, 0.717) is 0 Å². The number of aryl methyl sites for hydroxylation is 1. The number of nitrogens with zero attached hydrogens (tertiary/aromatic N) is 1. The van der Waals surface area contributed by atoms with Gasteiger partial charge in [0.15, 0.2) is 0 Å². The molecule has 4 aromatic rings. The van der Waals surface area contributed by atoms with E-state index < -0.39 is 0 Å². The van der Waals surface area contributed by atoms with Gasteiger partial charge in [0.05, 0.1) is 0 Å². The molecule has 0 saturated carbocycles. The van der Waals surface area contributed by atoms with E-state index in [2.05, 4.69) is 72.3 Å². The van der Waals surface area contributed by atoms with Crippen molar-refractivity contribution in [3.8, 4) is 0 Å². The molecule has 4 rings (SSSR count). The second kappa shape index (κ2) is 3.36. The summed E-state index contributed by atoms with van der Waals surface area (Å²) in [7, 11) is 2.14. The number of benzene rings is 3. The normalized spacial score (nSPS) is 11.6. The Morgan fingerprint density at radius 1 is 0.667 bits per heavy atom. The molecule has 0 aliphatic rings. The maximum atomic E-state index is 2.30. The summed E-state index contributed by atoms with van der Waals surface area (Å²) in [6.07, 6.45) is 0. The number of hydrogen-bond acceptors (Lipinski definition) is 0. The fourth-order valence-corrected chi connectivity index (χ4v) is 2.85. The molecule has 0 aliphatic carbocycles. The number of rotatable bonds is 0. The van der Waals surface area contributed by atoms with E-state index in [-0.39, 0.29) is 0 Å². The van der Waals surface area contributed by atoms with Crippen molar-refractivity contribution < 1.29 is 0 Å². The topological polar surface area (TPSA) is 4.93 Å². The van der Waals surface area contributed by atoms with E-state index in [1.54, 1.807) is 0 Å². The molecule has 0 fully saturated rings. The predicted octanol–water partition coefficient (Wildman–Crippen LogP) is 4.48. The van der Waals surface area contributed by atoms with Gasteiger partial charge in [-0.25, -0.2) is 0 Å². The third-order valence-corrected chi connectivity index (χ3v) is 3.78. The lowest BCUT2D eigenvalue weighted by Gasteiger charge is -2.00. The van der Waals surface area contributed by atoms with E-state index >= 15 is 0 Å². The molecule has 0 unspecified atom stereocenters. The van der Waals surface area contributed by atoms with Crippen molar-refractivity contribution >= 4 is 32.6 Å². The van der Waals surface area contributed by atoms with Crippen molar-refractivity contribution in [3.63, 3.8) is 0 Å². The summed E-state index contributed by atoms with van der Waals surface area (Å²) in [4.78, 5) is 0. The van der Waals surface area contributed by atoms with Crippen molar-refractivity contribution in [2.45, 2.75) is 0 Å². The molecule has 18 heavy (non-hydrogen) atoms. The lowest BCUT2D eigenvalue weighted by atomic mass is 10.1. The average molecular weight is 231 g/mol. The molecule has 0 atom stereocenters. The Morgan fingerprint density at radius 2 is 1.33 bits per heavy atom. The summed E-state index contributed by atoms with van der Waals surface area (Å²) in [5.74, 6) is 0. The number of para-hydroxylation sites is 1. The summed E-state index contributed by atoms with van der Waals surface area (Å²) in [5.41, 5.74) is 2.60. The van der Waals surface area contributed by atoms with Gasteiger partial charge in [-0.2, -0.15) is 0 Å². The minimum absolute atomic E-state index is 1.29. The van der Waals surface area contributed by atoms with Crippen LogP contribution < -0.4 is 0 Å². The van der Waals surface area contributed by atoms with Crippen molar-refractivity contribution in [3.05, 3.63) is 60.7 Å². The van der Waals surface area contributed by atoms with Gasteiger partial charge in [0.25, 0.3) is 0 Å². The average Bonchev–Trinajstić information content (AvgIpc) is 2.71. The predicted molar refractivity (Wildman–Crippen MR) is 77.9 cm³/mol. The van der Waals surface area contributed by atoms with Crippen LogP contribution in [0.2, 0.25) is 0 Å². The molecule has 3 aromatic carbocycles. The lowest BCUT2D eigenvalue weighted by molar-refractivity contribution is 1.02. The van der Waals surface area contributed by atoms with Crippen LogP contribution in [-0.2, 0) is 7.05 Å². The second-order valence-corrected chi connectivity index (χ2v) is 4.79. The maximum absolute atomic E-state index is 2.30. The van der Waals surface area contributed by atoms with Crippen LogP contribution in [0.15, 0.2) is 60.7 Å². The molecule has 0 N–H and O–H groups in total. The van der Waals surface area contributed by atoms with Crippen molar-refractivity contribution in [1.82, 2.24) is 4.57 Å². The Balaban J connectivity index is 2.32. The van der Waals surface area contributed by atoms with Crippen molar-refractivity contribution in [2.75, 3.05) is 0 Å². The van der Waals surface area contributed by atoms with Gasteiger partial charge < -0.3 is 4.57 Å². The smallest absolute Gasteiger partial charge is 0.0495 e. The third-order valence-electron chi connectivity index (χ3n) is 3.78. The zero-order valence-electron chi connectivity index (χ0n) is 10.2. The summed E-state index contributed by atoms with van der Waals surface area (Å²) in [6.45, 7) is 0. The molecule has 1 nitrogen and oxygen atoms in total. The first-order chi connectivity index (χ1) is 8.84. The molecule has 1 heteroatoms. The van der Waals surface area contributed by atoms with Crippen LogP contribution in [-0.4, -0.2) is 4.57 Å². The summed E-state index contributed by atoms with van der Waals surface area (Å²) in [6, 6.07) is 21.7. The summed E-state index contributed by atoms with van der Waals surface area (Å²) >= 11 is 0. The van der Waals surface area contributed by atoms with Crippen LogP contribution in [0.25, 0.3) is 32.6 Å². The highest BCUT2D eigenvalue weighted by atomic mass is 14.9. The molecule has 0 spiro atoms. The molecule has 86 valence electrons. The zero-order chi connectivity index (χ0) is 12.1. The van der Waals surface area contributed by atoms with Gasteiger partial charge in [-0.1, -0.05) is 42.5 Å². The van der Waals surface area contributed by atoms with E-state index in [9.17, 15) is 0 Å². The van der Waals surface area contributed by atoms with E-state index in [4.69, 9.17) is 0 Å². The third kappa shape index (κ3) is 1.16. The van der Waals surface area contributed by atoms with Crippen LogP contribution in [0.4, 0.5) is 0 Å². The molecule has 1 heterocycles. The van der Waals surface area contributed by atoms with Crippen molar-refractivity contribution in [1.29, 1.82) is 0 Å². The van der Waals surface area contributed by atoms with Gasteiger partial charge in [-0.15, -0.1) is 0 Å². The minimum Gasteiger partial charge on any atom is -0.344 e. The standard InChI is InChI=1S/C17H13N/c1-18-16-9-5-4-8-14(16)15-10-12-6-2-3-7-13(12)11-17(15)18/h2-11H,1H3. The van der Waals surface area contributed by atoms with Crippen molar-refractivity contribution in [2.24, 2.45) is 7.05 Å². The largest absolute Gasteiger partial charge is 0.344 e. The fourth-order valence-electron chi connectivity index (χ4n) is 2.85. The van der Waals surface area contributed by atoms with E-state index in [1.165, 1.54) is 32.6 Å². The van der Waals surface area contributed by atoms with Gasteiger partial charge in [0.2, 0.25) is 0 Å². The highest BCUT2D eigenvalue weighted by Crippen LogP contribution is 2.31. The van der Waals surface area contributed by atoms with Crippen LogP contribution >= 0.6 is 0 Å². The quantitative estimate of drug-likeness (QED) is 0.420. The maximum Gasteiger partial charge on any atom is 0.0495 e. The van der Waals surface area contributed by atoms with Gasteiger partial charge >= 0.3 is 0 Å². The molecule has 0 aliphatic heterocycles. The Labute approximate surface area is 105 Å². The van der Waals surface area contributed by atoms with Crippen LogP contribution in [0.5, 0.6) is 0 Å². The Hall–Kier alpha value is -2.28. The Morgan fingerprint density at radius 3 is 2.17 bits per heavy atom. The first-order valence-electron chi connectivity index (χ1n) is 6.20. The minimum atomic E-state index is 1.29. The molecule has 0 radical (unpaired) electrons. The zero-order valence-corrected chi connectivity index (χ0v) is 10.2. The Kier molecular flexibility index (Phi) is 1.81. The summed E-state index contributed by atoms with van der Waals surface area (Å²) < 4.78 is 2.27. The highest BCUT2D eigenvalue weighted by Gasteiger charge is 2.08. The van der Waals surface area contributed by atoms with Gasteiger partial charge in [-0.3, -0.25) is 0 Å². The fraction of sp³-hybridized carbons (Fsp3) is 0.0588. The first kappa shape index (κ1) is 9.72. The van der Waals surface area contributed by atoms with Gasteiger partial charge in [0, 0.05) is 28.9 Å². The Bertz CT molecular complexity index is 884. The molecule has 0 bridgehead atoms. The monoisotopic (exact) mass is 231 g/mol. The van der Waals surface area contributed by atoms with Crippen LogP contribution in [0.1, 0.15) is 0 Å². The van der Waals surface area contributed by atoms with Gasteiger partial charge in [0.1, 0.15) is 0 Å². The van der Waals surface area contributed by atoms with Crippen LogP contribution in [0.3, 0.4) is 0 Å². The first-order valence-corrected chi connectivity index (χ1v) is 6.20.